The molecular weight excluding hydrogens is 493 g/mol. The van der Waals surface area contributed by atoms with Gasteiger partial charge in [-0.15, -0.1) is 0 Å². The summed E-state index contributed by atoms with van der Waals surface area (Å²) in [4.78, 5) is 49.3. The molecule has 37 heavy (non-hydrogen) atoms. The number of hydrogen-bond acceptors (Lipinski definition) is 5. The summed E-state index contributed by atoms with van der Waals surface area (Å²) >= 11 is 0. The number of benzene rings is 1. The van der Waals surface area contributed by atoms with Gasteiger partial charge in [0, 0.05) is 31.0 Å². The van der Waals surface area contributed by atoms with E-state index in [1.54, 1.807) is 0 Å². The molecule has 2 fully saturated rings. The second-order valence-electron chi connectivity index (χ2n) is 9.34. The lowest BCUT2D eigenvalue weighted by atomic mass is 10.0. The monoisotopic (exact) mass is 520 g/mol. The smallest absolute Gasteiger partial charge is 0.417 e. The molecule has 3 amide bonds. The third-order valence-corrected chi connectivity index (χ3v) is 6.76. The van der Waals surface area contributed by atoms with E-state index in [9.17, 15) is 37.5 Å². The number of aromatic nitrogens is 2. The summed E-state index contributed by atoms with van der Waals surface area (Å²) in [7, 11) is 0. The average Bonchev–Trinajstić information content (AvgIpc) is 3.57. The van der Waals surface area contributed by atoms with E-state index in [0.717, 1.165) is 23.8 Å². The van der Waals surface area contributed by atoms with Crippen molar-refractivity contribution in [1.29, 1.82) is 0 Å². The van der Waals surface area contributed by atoms with E-state index in [1.165, 1.54) is 28.9 Å². The highest BCUT2D eigenvalue weighted by atomic mass is 19.4. The number of carboxylic acid groups (broad SMARTS) is 1. The van der Waals surface area contributed by atoms with E-state index in [1.807, 2.05) is 0 Å². The lowest BCUT2D eigenvalue weighted by Gasteiger charge is -2.20. The first-order valence-electron chi connectivity index (χ1n) is 12.2. The molecule has 1 aliphatic carbocycles. The molecule has 2 aromatic rings. The largest absolute Gasteiger partial charge is 0.481 e. The zero-order chi connectivity index (χ0) is 26.7. The first kappa shape index (κ1) is 26.4. The molecule has 0 spiro atoms. The van der Waals surface area contributed by atoms with Crippen molar-refractivity contribution < 1.29 is 37.5 Å². The Morgan fingerprint density at radius 3 is 2.38 bits per heavy atom. The topological polar surface area (TPSA) is 122 Å². The second-order valence-corrected chi connectivity index (χ2v) is 9.34. The average molecular weight is 521 g/mol. The molecule has 0 bridgehead atoms. The standard InChI is InChI=1S/C25H27F3N4O5/c26-25(27,28)18-8-4-3-7-17(18)20-14-19(30-32(20)16-5-1-2-6-16)24(37)29-15(13-23(35)36)11-12-31-21(33)9-10-22(31)34/h3-4,7-8,14-16H,1-2,5-6,9-13H2,(H,29,37)(H,35,36)/t15-/m0/s1. The van der Waals surface area contributed by atoms with Gasteiger partial charge in [-0.1, -0.05) is 31.0 Å². The van der Waals surface area contributed by atoms with Gasteiger partial charge in [0.2, 0.25) is 11.8 Å². The lowest BCUT2D eigenvalue weighted by molar-refractivity contribution is -0.139. The number of carbonyl (C=O) groups excluding carboxylic acids is 3. The minimum atomic E-state index is -4.61. The zero-order valence-electron chi connectivity index (χ0n) is 20.0. The highest BCUT2D eigenvalue weighted by molar-refractivity contribution is 6.01. The number of nitrogens with zero attached hydrogens (tertiary/aromatic N) is 3. The van der Waals surface area contributed by atoms with Crippen LogP contribution in [0.3, 0.4) is 0 Å². The second kappa shape index (κ2) is 10.7. The van der Waals surface area contributed by atoms with Gasteiger partial charge in [-0.05, 0) is 31.4 Å². The van der Waals surface area contributed by atoms with Crippen molar-refractivity contribution in [3.05, 3.63) is 41.6 Å². The highest BCUT2D eigenvalue weighted by Gasteiger charge is 2.36. The van der Waals surface area contributed by atoms with Crippen LogP contribution in [0.5, 0.6) is 0 Å². The number of likely N-dealkylation sites (tertiary alicyclic amines) is 1. The van der Waals surface area contributed by atoms with Crippen molar-refractivity contribution in [1.82, 2.24) is 20.0 Å². The number of alkyl halides is 3. The van der Waals surface area contributed by atoms with E-state index >= 15 is 0 Å². The fourth-order valence-corrected chi connectivity index (χ4v) is 4.94. The van der Waals surface area contributed by atoms with Crippen LogP contribution in [0.1, 0.15) is 73.5 Å². The predicted molar refractivity (Wildman–Crippen MR) is 124 cm³/mol. The van der Waals surface area contributed by atoms with Crippen LogP contribution in [-0.4, -0.2) is 56.1 Å². The Morgan fingerprint density at radius 2 is 1.76 bits per heavy atom. The summed E-state index contributed by atoms with van der Waals surface area (Å²) in [5, 5.41) is 16.2. The fourth-order valence-electron chi connectivity index (χ4n) is 4.94. The molecular formula is C25H27F3N4O5. The molecule has 0 radical (unpaired) electrons. The Kier molecular flexibility index (Phi) is 7.65. The number of carbonyl (C=O) groups is 4. The lowest BCUT2D eigenvalue weighted by Crippen LogP contribution is -2.40. The molecule has 2 N–H and O–H groups in total. The molecule has 1 aromatic heterocycles. The molecule has 198 valence electrons. The quantitative estimate of drug-likeness (QED) is 0.485. The van der Waals surface area contributed by atoms with E-state index < -0.39 is 36.1 Å². The molecule has 9 nitrogen and oxygen atoms in total. The Labute approximate surface area is 210 Å². The van der Waals surface area contributed by atoms with E-state index in [4.69, 9.17) is 0 Å². The number of imide groups is 1. The predicted octanol–water partition coefficient (Wildman–Crippen LogP) is 3.80. The number of hydrogen-bond donors (Lipinski definition) is 2. The van der Waals surface area contributed by atoms with Crippen molar-refractivity contribution >= 4 is 23.7 Å². The summed E-state index contributed by atoms with van der Waals surface area (Å²) < 4.78 is 42.7. The minimum absolute atomic E-state index is 0.0165. The SMILES string of the molecule is O=C(O)C[C@H](CCN1C(=O)CCC1=O)NC(=O)c1cc(-c2ccccc2C(F)(F)F)n(C2CCCC2)n1. The van der Waals surface area contributed by atoms with Crippen LogP contribution in [0, 0.1) is 0 Å². The van der Waals surface area contributed by atoms with E-state index in [-0.39, 0.29) is 60.6 Å². The molecule has 2 heterocycles. The first-order chi connectivity index (χ1) is 17.5. The van der Waals surface area contributed by atoms with E-state index in [0.29, 0.717) is 12.8 Å². The highest BCUT2D eigenvalue weighted by Crippen LogP contribution is 2.40. The van der Waals surface area contributed by atoms with Gasteiger partial charge < -0.3 is 10.4 Å². The maximum absolute atomic E-state index is 13.8. The van der Waals surface area contributed by atoms with Gasteiger partial charge >= 0.3 is 12.1 Å². The van der Waals surface area contributed by atoms with Crippen LogP contribution in [0.4, 0.5) is 13.2 Å². The molecule has 12 heteroatoms. The Balaban J connectivity index is 1.61. The van der Waals surface area contributed by atoms with Gasteiger partial charge in [-0.2, -0.15) is 18.3 Å². The molecule has 1 saturated carbocycles. The third kappa shape index (κ3) is 6.00. The van der Waals surface area contributed by atoms with Gasteiger partial charge in [0.15, 0.2) is 5.69 Å². The van der Waals surface area contributed by atoms with Crippen LogP contribution in [0.25, 0.3) is 11.3 Å². The molecule has 1 aromatic carbocycles. The first-order valence-corrected chi connectivity index (χ1v) is 12.2. The molecule has 2 aliphatic rings. The van der Waals surface area contributed by atoms with Gasteiger partial charge in [-0.25, -0.2) is 0 Å². The van der Waals surface area contributed by atoms with Gasteiger partial charge in [0.1, 0.15) is 0 Å². The van der Waals surface area contributed by atoms with E-state index in [2.05, 4.69) is 10.4 Å². The van der Waals surface area contributed by atoms with Gasteiger partial charge in [0.25, 0.3) is 5.91 Å². The normalized spacial score (nSPS) is 17.4. The summed E-state index contributed by atoms with van der Waals surface area (Å²) in [6.07, 6.45) is -1.67. The fraction of sp³-hybridized carbons (Fsp3) is 0.480. The summed E-state index contributed by atoms with van der Waals surface area (Å²) in [6.45, 7) is -0.0450. The van der Waals surface area contributed by atoms with Gasteiger partial charge in [0.05, 0.1) is 23.7 Å². The number of nitrogens with one attached hydrogen (secondary N) is 1. The minimum Gasteiger partial charge on any atom is -0.481 e. The van der Waals surface area contributed by atoms with Gasteiger partial charge in [-0.3, -0.25) is 28.8 Å². The van der Waals surface area contributed by atoms with Crippen molar-refractivity contribution in [3.63, 3.8) is 0 Å². The van der Waals surface area contributed by atoms with Crippen LogP contribution in [0.2, 0.25) is 0 Å². The number of rotatable bonds is 9. The number of amides is 3. The summed E-state index contributed by atoms with van der Waals surface area (Å²) in [5.74, 6) is -2.64. The number of aliphatic carboxylic acids is 1. The summed E-state index contributed by atoms with van der Waals surface area (Å²) in [6, 6.07) is 5.30. The number of carboxylic acids is 1. The van der Waals surface area contributed by atoms with Crippen molar-refractivity contribution in [2.45, 2.75) is 69.6 Å². The molecule has 1 atom stereocenters. The van der Waals surface area contributed by atoms with Crippen molar-refractivity contribution in [2.75, 3.05) is 6.54 Å². The Morgan fingerprint density at radius 1 is 1.11 bits per heavy atom. The maximum atomic E-state index is 13.8. The Hall–Kier alpha value is -3.70. The molecule has 1 aliphatic heterocycles. The summed E-state index contributed by atoms with van der Waals surface area (Å²) in [5.41, 5.74) is -0.915. The maximum Gasteiger partial charge on any atom is 0.417 e. The third-order valence-electron chi connectivity index (χ3n) is 6.76. The number of halogens is 3. The van der Waals surface area contributed by atoms with Crippen molar-refractivity contribution in [2.24, 2.45) is 0 Å². The van der Waals surface area contributed by atoms with Crippen molar-refractivity contribution in [3.8, 4) is 11.3 Å². The molecule has 0 unspecified atom stereocenters. The molecule has 1 saturated heterocycles. The van der Waals surface area contributed by atoms with Crippen LogP contribution < -0.4 is 5.32 Å². The molecule has 4 rings (SSSR count). The zero-order valence-corrected chi connectivity index (χ0v) is 20.0. The van der Waals surface area contributed by atoms with Crippen LogP contribution in [0.15, 0.2) is 30.3 Å². The van der Waals surface area contributed by atoms with Crippen LogP contribution in [-0.2, 0) is 20.6 Å². The van der Waals surface area contributed by atoms with Crippen LogP contribution >= 0.6 is 0 Å². The Bertz CT molecular complexity index is 1190.